The largest absolute Gasteiger partial charge is 0.497 e. The second-order valence-corrected chi connectivity index (χ2v) is 3.79. The summed E-state index contributed by atoms with van der Waals surface area (Å²) in [7, 11) is 1.64. The van der Waals surface area contributed by atoms with E-state index in [9.17, 15) is 0 Å². The van der Waals surface area contributed by atoms with Gasteiger partial charge in [-0.1, -0.05) is 23.7 Å². The molecule has 0 atom stereocenters. The zero-order valence-corrected chi connectivity index (χ0v) is 9.82. The molecular weight excluding hydrogens is 224 g/mol. The molecule has 2 aromatic rings. The highest BCUT2D eigenvalue weighted by molar-refractivity contribution is 6.29. The van der Waals surface area contributed by atoms with Crippen molar-refractivity contribution < 1.29 is 4.74 Å². The number of rotatable bonds is 2. The number of methoxy groups -OCH3 is 1. The Bertz CT molecular complexity index is 514. The molecule has 0 aliphatic heterocycles. The van der Waals surface area contributed by atoms with E-state index in [2.05, 4.69) is 10.2 Å². The second-order valence-electron chi connectivity index (χ2n) is 3.40. The van der Waals surface area contributed by atoms with E-state index >= 15 is 0 Å². The maximum atomic E-state index is 5.84. The van der Waals surface area contributed by atoms with Gasteiger partial charge in [-0.15, -0.1) is 5.10 Å². The SMILES string of the molecule is COc1cccc(-c2cc(Cl)nnc2C)c1. The van der Waals surface area contributed by atoms with Crippen LogP contribution in [0.25, 0.3) is 11.1 Å². The Morgan fingerprint density at radius 3 is 2.75 bits per heavy atom. The first kappa shape index (κ1) is 10.9. The van der Waals surface area contributed by atoms with Crippen LogP contribution >= 0.6 is 11.6 Å². The van der Waals surface area contributed by atoms with Gasteiger partial charge in [-0.05, 0) is 30.7 Å². The smallest absolute Gasteiger partial charge is 0.152 e. The molecule has 0 spiro atoms. The van der Waals surface area contributed by atoms with Crippen LogP contribution in [0.2, 0.25) is 5.15 Å². The van der Waals surface area contributed by atoms with Gasteiger partial charge < -0.3 is 4.74 Å². The molecule has 82 valence electrons. The van der Waals surface area contributed by atoms with Crippen LogP contribution in [0.3, 0.4) is 0 Å². The van der Waals surface area contributed by atoms with Crippen LogP contribution in [0.15, 0.2) is 30.3 Å². The molecule has 0 aliphatic rings. The Labute approximate surface area is 99.0 Å². The predicted molar refractivity (Wildman–Crippen MR) is 63.8 cm³/mol. The predicted octanol–water partition coefficient (Wildman–Crippen LogP) is 3.11. The normalized spacial score (nSPS) is 10.2. The molecule has 0 aliphatic carbocycles. The molecule has 4 heteroatoms. The summed E-state index contributed by atoms with van der Waals surface area (Å²) in [4.78, 5) is 0. The number of benzene rings is 1. The van der Waals surface area contributed by atoms with Crippen molar-refractivity contribution in [2.45, 2.75) is 6.92 Å². The summed E-state index contributed by atoms with van der Waals surface area (Å²) in [6.45, 7) is 1.90. The average molecular weight is 235 g/mol. The summed E-state index contributed by atoms with van der Waals surface area (Å²) >= 11 is 5.84. The van der Waals surface area contributed by atoms with Crippen LogP contribution in [0.4, 0.5) is 0 Å². The molecule has 1 heterocycles. The van der Waals surface area contributed by atoms with Crippen molar-refractivity contribution in [3.63, 3.8) is 0 Å². The molecule has 0 saturated carbocycles. The summed E-state index contributed by atoms with van der Waals surface area (Å²) in [6.07, 6.45) is 0. The maximum Gasteiger partial charge on any atom is 0.152 e. The quantitative estimate of drug-likeness (QED) is 0.801. The standard InChI is InChI=1S/C12H11ClN2O/c1-8-11(7-12(13)15-14-8)9-4-3-5-10(6-9)16-2/h3-7H,1-2H3. The zero-order chi connectivity index (χ0) is 11.5. The van der Waals surface area contributed by atoms with Crippen molar-refractivity contribution in [3.8, 4) is 16.9 Å². The third-order valence-corrected chi connectivity index (χ3v) is 2.51. The topological polar surface area (TPSA) is 35.0 Å². The highest BCUT2D eigenvalue weighted by Crippen LogP contribution is 2.26. The van der Waals surface area contributed by atoms with Crippen LogP contribution in [-0.2, 0) is 0 Å². The van der Waals surface area contributed by atoms with E-state index in [1.54, 1.807) is 13.2 Å². The number of ether oxygens (including phenoxy) is 1. The van der Waals surface area contributed by atoms with Gasteiger partial charge in [0.1, 0.15) is 5.75 Å². The van der Waals surface area contributed by atoms with Gasteiger partial charge in [-0.25, -0.2) is 0 Å². The van der Waals surface area contributed by atoms with Crippen molar-refractivity contribution in [1.82, 2.24) is 10.2 Å². The summed E-state index contributed by atoms with van der Waals surface area (Å²) < 4.78 is 5.18. The number of nitrogens with zero attached hydrogens (tertiary/aromatic N) is 2. The average Bonchev–Trinajstić information content (AvgIpc) is 2.32. The highest BCUT2D eigenvalue weighted by atomic mass is 35.5. The molecule has 0 bridgehead atoms. The molecule has 3 nitrogen and oxygen atoms in total. The molecule has 0 radical (unpaired) electrons. The van der Waals surface area contributed by atoms with Crippen molar-refractivity contribution in [3.05, 3.63) is 41.2 Å². The van der Waals surface area contributed by atoms with Crippen molar-refractivity contribution in [2.24, 2.45) is 0 Å². The van der Waals surface area contributed by atoms with E-state index in [1.807, 2.05) is 31.2 Å². The van der Waals surface area contributed by atoms with E-state index < -0.39 is 0 Å². The molecule has 0 amide bonds. The van der Waals surface area contributed by atoms with Crippen molar-refractivity contribution in [2.75, 3.05) is 7.11 Å². The van der Waals surface area contributed by atoms with Gasteiger partial charge in [0, 0.05) is 5.56 Å². The summed E-state index contributed by atoms with van der Waals surface area (Å²) in [5.41, 5.74) is 2.84. The maximum absolute atomic E-state index is 5.84. The number of halogens is 1. The summed E-state index contributed by atoms with van der Waals surface area (Å²) in [5.74, 6) is 0.810. The van der Waals surface area contributed by atoms with Crippen molar-refractivity contribution >= 4 is 11.6 Å². The van der Waals surface area contributed by atoms with E-state index in [1.165, 1.54) is 0 Å². The molecule has 0 fully saturated rings. The minimum absolute atomic E-state index is 0.392. The third kappa shape index (κ3) is 2.14. The third-order valence-electron chi connectivity index (χ3n) is 2.33. The van der Waals surface area contributed by atoms with E-state index in [0.717, 1.165) is 22.6 Å². The number of aromatic nitrogens is 2. The first-order valence-electron chi connectivity index (χ1n) is 4.85. The Kier molecular flexibility index (Phi) is 3.06. The monoisotopic (exact) mass is 234 g/mol. The van der Waals surface area contributed by atoms with Crippen LogP contribution in [0.1, 0.15) is 5.69 Å². The fourth-order valence-corrected chi connectivity index (χ4v) is 1.66. The fourth-order valence-electron chi connectivity index (χ4n) is 1.51. The lowest BCUT2D eigenvalue weighted by atomic mass is 10.1. The fraction of sp³-hybridized carbons (Fsp3) is 0.167. The van der Waals surface area contributed by atoms with Crippen molar-refractivity contribution in [1.29, 1.82) is 0 Å². The molecule has 16 heavy (non-hydrogen) atoms. The molecule has 0 N–H and O–H groups in total. The lowest BCUT2D eigenvalue weighted by molar-refractivity contribution is 0.415. The van der Waals surface area contributed by atoms with Crippen LogP contribution < -0.4 is 4.74 Å². The van der Waals surface area contributed by atoms with Gasteiger partial charge >= 0.3 is 0 Å². The van der Waals surface area contributed by atoms with Gasteiger partial charge in [0.2, 0.25) is 0 Å². The minimum atomic E-state index is 0.392. The second kappa shape index (κ2) is 4.49. The lowest BCUT2D eigenvalue weighted by Gasteiger charge is -2.06. The molecule has 1 aromatic carbocycles. The van der Waals surface area contributed by atoms with Gasteiger partial charge in [-0.3, -0.25) is 0 Å². The van der Waals surface area contributed by atoms with E-state index in [4.69, 9.17) is 16.3 Å². The molecule has 0 saturated heterocycles. The van der Waals surface area contributed by atoms with Gasteiger partial charge in [0.15, 0.2) is 5.15 Å². The van der Waals surface area contributed by atoms with E-state index in [0.29, 0.717) is 5.15 Å². The Balaban J connectivity index is 2.53. The van der Waals surface area contributed by atoms with Gasteiger partial charge in [0.05, 0.1) is 12.8 Å². The van der Waals surface area contributed by atoms with Crippen LogP contribution in [0, 0.1) is 6.92 Å². The molecule has 1 aromatic heterocycles. The minimum Gasteiger partial charge on any atom is -0.497 e. The molecule has 0 unspecified atom stereocenters. The van der Waals surface area contributed by atoms with E-state index in [-0.39, 0.29) is 0 Å². The summed E-state index contributed by atoms with van der Waals surface area (Å²) in [5, 5.41) is 8.17. The number of hydrogen-bond donors (Lipinski definition) is 0. The number of aryl methyl sites for hydroxylation is 1. The molecular formula is C12H11ClN2O. The van der Waals surface area contributed by atoms with Gasteiger partial charge in [0.25, 0.3) is 0 Å². The van der Waals surface area contributed by atoms with Crippen LogP contribution in [-0.4, -0.2) is 17.3 Å². The number of hydrogen-bond acceptors (Lipinski definition) is 3. The first-order valence-corrected chi connectivity index (χ1v) is 5.23. The molecule has 2 rings (SSSR count). The zero-order valence-electron chi connectivity index (χ0n) is 9.07. The summed E-state index contributed by atoms with van der Waals surface area (Å²) in [6, 6.07) is 9.57. The Morgan fingerprint density at radius 2 is 2.00 bits per heavy atom. The van der Waals surface area contributed by atoms with Gasteiger partial charge in [-0.2, -0.15) is 5.10 Å². The first-order chi connectivity index (χ1) is 7.70. The van der Waals surface area contributed by atoms with Crippen LogP contribution in [0.5, 0.6) is 5.75 Å². The lowest BCUT2D eigenvalue weighted by Crippen LogP contribution is -1.92. The highest BCUT2D eigenvalue weighted by Gasteiger charge is 2.05. The Morgan fingerprint density at radius 1 is 1.19 bits per heavy atom. The Hall–Kier alpha value is -1.61.